The molecule has 1 aliphatic rings. The first kappa shape index (κ1) is 31.4. The molecule has 0 saturated carbocycles. The Bertz CT molecular complexity index is 1580. The topological polar surface area (TPSA) is 105 Å². The standard InChI is InChI=1S/C34H37NO6S2/c1-24-32(23-42-18-17-36)40-34(41-33(24)27-15-13-25(22-37)14-16-27)30-10-6-9-29(20-30)28-8-5-7-26(19-28)21-35-43(38,39)31-11-3-2-4-12-31/h2-16,19-20,24,32-37H,17-18,21-23H2,1H3/t24-,32+,33+,34+/m0/s1. The van der Waals surface area contributed by atoms with E-state index in [-0.39, 0.29) is 42.8 Å². The predicted molar refractivity (Wildman–Crippen MR) is 170 cm³/mol. The van der Waals surface area contributed by atoms with Crippen LogP contribution in [0, 0.1) is 5.92 Å². The maximum atomic E-state index is 12.7. The van der Waals surface area contributed by atoms with Gasteiger partial charge in [0.25, 0.3) is 0 Å². The second-order valence-corrected chi connectivity index (χ2v) is 13.5. The predicted octanol–water partition coefficient (Wildman–Crippen LogP) is 5.84. The van der Waals surface area contributed by atoms with Crippen LogP contribution in [0.25, 0.3) is 11.1 Å². The van der Waals surface area contributed by atoms with Crippen molar-refractivity contribution in [1.29, 1.82) is 0 Å². The van der Waals surface area contributed by atoms with E-state index in [2.05, 4.69) is 17.7 Å². The summed E-state index contributed by atoms with van der Waals surface area (Å²) in [4.78, 5) is 0.233. The fraction of sp³-hybridized carbons (Fsp3) is 0.294. The van der Waals surface area contributed by atoms with Crippen molar-refractivity contribution in [2.24, 2.45) is 5.92 Å². The lowest BCUT2D eigenvalue weighted by molar-refractivity contribution is -0.268. The molecule has 0 spiro atoms. The zero-order valence-corrected chi connectivity index (χ0v) is 25.6. The molecule has 0 amide bonds. The Kier molecular flexibility index (Phi) is 10.7. The van der Waals surface area contributed by atoms with Crippen LogP contribution in [0.2, 0.25) is 0 Å². The van der Waals surface area contributed by atoms with Crippen molar-refractivity contribution in [2.45, 2.75) is 43.5 Å². The lowest BCUT2D eigenvalue weighted by Crippen LogP contribution is -2.38. The van der Waals surface area contributed by atoms with Gasteiger partial charge in [-0.25, -0.2) is 13.1 Å². The number of sulfonamides is 1. The van der Waals surface area contributed by atoms with E-state index in [9.17, 15) is 18.6 Å². The van der Waals surface area contributed by atoms with E-state index >= 15 is 0 Å². The van der Waals surface area contributed by atoms with Gasteiger partial charge < -0.3 is 19.7 Å². The maximum absolute atomic E-state index is 12.7. The highest BCUT2D eigenvalue weighted by Gasteiger charge is 2.38. The van der Waals surface area contributed by atoms with Gasteiger partial charge in [-0.2, -0.15) is 11.8 Å². The Hall–Kier alpha value is -3.02. The Morgan fingerprint density at radius 1 is 0.791 bits per heavy atom. The average Bonchev–Trinajstić information content (AvgIpc) is 3.05. The van der Waals surface area contributed by atoms with Crippen LogP contribution in [0.15, 0.2) is 108 Å². The Morgan fingerprint density at radius 2 is 1.51 bits per heavy atom. The molecule has 0 unspecified atom stereocenters. The molecule has 1 heterocycles. The summed E-state index contributed by atoms with van der Waals surface area (Å²) in [7, 11) is -3.62. The van der Waals surface area contributed by atoms with Gasteiger partial charge in [0, 0.05) is 29.5 Å². The molecule has 1 aliphatic heterocycles. The van der Waals surface area contributed by atoms with E-state index in [0.717, 1.165) is 39.1 Å². The van der Waals surface area contributed by atoms with E-state index < -0.39 is 16.3 Å². The Morgan fingerprint density at radius 3 is 2.23 bits per heavy atom. The van der Waals surface area contributed by atoms with Gasteiger partial charge in [-0.3, -0.25) is 0 Å². The summed E-state index contributed by atoms with van der Waals surface area (Å²) in [6.07, 6.45) is -0.905. The molecule has 0 bridgehead atoms. The van der Waals surface area contributed by atoms with Crippen molar-refractivity contribution in [3.8, 4) is 11.1 Å². The van der Waals surface area contributed by atoms with Gasteiger partial charge in [-0.15, -0.1) is 0 Å². The van der Waals surface area contributed by atoms with Gasteiger partial charge in [0.05, 0.1) is 30.3 Å². The molecule has 43 heavy (non-hydrogen) atoms. The lowest BCUT2D eigenvalue weighted by atomic mass is 9.91. The van der Waals surface area contributed by atoms with Crippen molar-refractivity contribution in [3.63, 3.8) is 0 Å². The first-order valence-corrected chi connectivity index (χ1v) is 16.9. The second-order valence-electron chi connectivity index (χ2n) is 10.6. The minimum atomic E-state index is -3.62. The number of rotatable bonds is 12. The average molecular weight is 620 g/mol. The zero-order valence-electron chi connectivity index (χ0n) is 24.0. The molecule has 0 aromatic heterocycles. The van der Waals surface area contributed by atoms with Crippen molar-refractivity contribution in [1.82, 2.24) is 4.72 Å². The third-order valence-electron chi connectivity index (χ3n) is 7.58. The fourth-order valence-corrected chi connectivity index (χ4v) is 7.11. The van der Waals surface area contributed by atoms with E-state index in [1.165, 1.54) is 0 Å². The van der Waals surface area contributed by atoms with Gasteiger partial charge >= 0.3 is 0 Å². The number of benzene rings is 4. The second kappa shape index (κ2) is 14.6. The number of ether oxygens (including phenoxy) is 2. The molecule has 1 fully saturated rings. The van der Waals surface area contributed by atoms with Crippen LogP contribution in [0.4, 0.5) is 0 Å². The van der Waals surface area contributed by atoms with Gasteiger partial charge in [0.2, 0.25) is 10.0 Å². The molecule has 4 aromatic carbocycles. The van der Waals surface area contributed by atoms with Crippen molar-refractivity contribution in [2.75, 3.05) is 18.1 Å². The summed E-state index contributed by atoms with van der Waals surface area (Å²) in [5.74, 6) is 1.44. The van der Waals surface area contributed by atoms with Crippen molar-refractivity contribution < 1.29 is 28.1 Å². The number of hydrogen-bond acceptors (Lipinski definition) is 7. The Balaban J connectivity index is 1.36. The smallest absolute Gasteiger partial charge is 0.240 e. The monoisotopic (exact) mass is 619 g/mol. The van der Waals surface area contributed by atoms with Gasteiger partial charge in [0.15, 0.2) is 6.29 Å². The summed E-state index contributed by atoms with van der Waals surface area (Å²) >= 11 is 1.66. The SMILES string of the molecule is C[C@H]1[C@@H](CSCCO)O[C@@H](c2cccc(-c3cccc(CNS(=O)(=O)c4ccccc4)c3)c2)O[C@H]1c1ccc(CO)cc1. The number of thioether (sulfide) groups is 1. The molecule has 7 nitrogen and oxygen atoms in total. The zero-order chi connectivity index (χ0) is 30.2. The molecule has 0 aliphatic carbocycles. The van der Waals surface area contributed by atoms with Crippen molar-refractivity contribution in [3.05, 3.63) is 125 Å². The highest BCUT2D eigenvalue weighted by atomic mass is 32.2. The summed E-state index contributed by atoms with van der Waals surface area (Å²) in [5, 5.41) is 18.8. The number of hydrogen-bond donors (Lipinski definition) is 3. The number of nitrogens with one attached hydrogen (secondary N) is 1. The summed E-state index contributed by atoms with van der Waals surface area (Å²) in [6.45, 7) is 2.40. The summed E-state index contributed by atoms with van der Waals surface area (Å²) < 4.78 is 41.2. The van der Waals surface area contributed by atoms with E-state index in [1.54, 1.807) is 42.1 Å². The Labute approximate surface area is 257 Å². The van der Waals surface area contributed by atoms with Crippen LogP contribution < -0.4 is 4.72 Å². The molecule has 3 N–H and O–H groups in total. The minimum Gasteiger partial charge on any atom is -0.396 e. The third kappa shape index (κ3) is 7.93. The van der Waals surface area contributed by atoms with E-state index in [4.69, 9.17) is 9.47 Å². The van der Waals surface area contributed by atoms with Crippen LogP contribution >= 0.6 is 11.8 Å². The quantitative estimate of drug-likeness (QED) is 0.171. The fourth-order valence-electron chi connectivity index (χ4n) is 5.16. The molecule has 0 radical (unpaired) electrons. The van der Waals surface area contributed by atoms with E-state index in [0.29, 0.717) is 5.75 Å². The molecule has 4 aromatic rings. The molecule has 5 rings (SSSR count). The maximum Gasteiger partial charge on any atom is 0.240 e. The van der Waals surface area contributed by atoms with Gasteiger partial charge in [-0.1, -0.05) is 85.8 Å². The van der Waals surface area contributed by atoms with Crippen LogP contribution in [0.5, 0.6) is 0 Å². The number of aliphatic hydroxyl groups excluding tert-OH is 2. The highest BCUT2D eigenvalue weighted by molar-refractivity contribution is 7.99. The van der Waals surface area contributed by atoms with Gasteiger partial charge in [0.1, 0.15) is 0 Å². The molecule has 226 valence electrons. The molecule has 1 saturated heterocycles. The van der Waals surface area contributed by atoms with Crippen molar-refractivity contribution >= 4 is 21.8 Å². The molecule has 4 atom stereocenters. The van der Waals surface area contributed by atoms with Gasteiger partial charge in [-0.05, 0) is 52.1 Å². The van der Waals surface area contributed by atoms with Crippen LogP contribution in [-0.2, 0) is 32.6 Å². The first-order chi connectivity index (χ1) is 20.9. The minimum absolute atomic E-state index is 0.0135. The number of aliphatic hydroxyl groups is 2. The largest absolute Gasteiger partial charge is 0.396 e. The molecule has 9 heteroatoms. The van der Waals surface area contributed by atoms with Crippen LogP contribution in [0.1, 0.15) is 41.6 Å². The van der Waals surface area contributed by atoms with E-state index in [1.807, 2.05) is 66.7 Å². The summed E-state index contributed by atoms with van der Waals surface area (Å²) in [5.41, 5.74) is 5.51. The van der Waals surface area contributed by atoms with Crippen LogP contribution in [-0.4, -0.2) is 42.8 Å². The normalized spacial score (nSPS) is 20.6. The van der Waals surface area contributed by atoms with Crippen LogP contribution in [0.3, 0.4) is 0 Å². The molecular weight excluding hydrogens is 583 g/mol. The lowest BCUT2D eigenvalue weighted by Gasteiger charge is -2.41. The molecular formula is C34H37NO6S2. The highest BCUT2D eigenvalue weighted by Crippen LogP contribution is 2.43. The first-order valence-electron chi connectivity index (χ1n) is 14.3. The summed E-state index contributed by atoms with van der Waals surface area (Å²) in [6, 6.07) is 32.0. The third-order valence-corrected chi connectivity index (χ3v) is 10.0.